The lowest BCUT2D eigenvalue weighted by molar-refractivity contribution is 0.144. The van der Waals surface area contributed by atoms with Crippen LogP contribution in [0.15, 0.2) is 46.0 Å². The number of halogens is 1. The number of nitrogens with zero attached hydrogens (tertiary/aromatic N) is 5. The zero-order chi connectivity index (χ0) is 21.0. The molecule has 0 aliphatic carbocycles. The van der Waals surface area contributed by atoms with Gasteiger partial charge in [-0.3, -0.25) is 4.90 Å². The largest absolute Gasteiger partial charge is 0.327 e. The van der Waals surface area contributed by atoms with Crippen LogP contribution in [0, 0.1) is 0 Å². The van der Waals surface area contributed by atoms with E-state index in [4.69, 9.17) is 11.6 Å². The van der Waals surface area contributed by atoms with Gasteiger partial charge in [-0.05, 0) is 50.8 Å². The van der Waals surface area contributed by atoms with Gasteiger partial charge in [-0.2, -0.15) is 0 Å². The highest BCUT2D eigenvalue weighted by atomic mass is 35.5. The van der Waals surface area contributed by atoms with Gasteiger partial charge in [0.25, 0.3) is 0 Å². The predicted molar refractivity (Wildman–Crippen MR) is 121 cm³/mol. The van der Waals surface area contributed by atoms with Crippen molar-refractivity contribution < 1.29 is 8.42 Å². The van der Waals surface area contributed by atoms with Crippen LogP contribution in [0.1, 0.15) is 32.7 Å². The highest BCUT2D eigenvalue weighted by molar-refractivity contribution is 8.03. The Labute approximate surface area is 185 Å². The van der Waals surface area contributed by atoms with E-state index >= 15 is 0 Å². The van der Waals surface area contributed by atoms with E-state index in [1.165, 1.54) is 11.8 Å². The summed E-state index contributed by atoms with van der Waals surface area (Å²) in [5.41, 5.74) is 0.405. The highest BCUT2D eigenvalue weighted by Crippen LogP contribution is 2.40. The van der Waals surface area contributed by atoms with E-state index in [1.54, 1.807) is 29.6 Å². The van der Waals surface area contributed by atoms with Crippen molar-refractivity contribution in [1.82, 2.24) is 19.4 Å². The van der Waals surface area contributed by atoms with Gasteiger partial charge in [0.15, 0.2) is 10.9 Å². The molecule has 0 saturated carbocycles. The molecule has 30 heavy (non-hydrogen) atoms. The molecule has 3 atom stereocenters. The van der Waals surface area contributed by atoms with Crippen molar-refractivity contribution in [3.8, 4) is 0 Å². The van der Waals surface area contributed by atoms with Crippen molar-refractivity contribution in [2.24, 2.45) is 4.99 Å². The van der Waals surface area contributed by atoms with Crippen LogP contribution in [0.2, 0.25) is 0 Å². The topological polar surface area (TPSA) is 70.8 Å². The van der Waals surface area contributed by atoms with E-state index in [-0.39, 0.29) is 21.6 Å². The van der Waals surface area contributed by atoms with Gasteiger partial charge in [0, 0.05) is 42.6 Å². The van der Waals surface area contributed by atoms with Gasteiger partial charge in [0.1, 0.15) is 10.8 Å². The Balaban J connectivity index is 1.59. The van der Waals surface area contributed by atoms with Crippen molar-refractivity contribution >= 4 is 49.4 Å². The number of pyridine rings is 1. The first kappa shape index (κ1) is 20.4. The lowest BCUT2D eigenvalue weighted by atomic mass is 10.0. The molecule has 160 valence electrons. The summed E-state index contributed by atoms with van der Waals surface area (Å²) < 4.78 is 29.6. The Morgan fingerprint density at radius 2 is 2.17 bits per heavy atom. The van der Waals surface area contributed by atoms with Crippen molar-refractivity contribution in [2.75, 3.05) is 13.1 Å². The van der Waals surface area contributed by atoms with Gasteiger partial charge in [0.2, 0.25) is 9.84 Å². The lowest BCUT2D eigenvalue weighted by Gasteiger charge is -2.36. The molecular formula is C20H24ClN5O2S2. The SMILES string of the molecule is CC(C)N1CCCC(n2cc(S(=O)(=O)C3C(Cl)=NC4SC=CN43)c3cccnc32)C1. The lowest BCUT2D eigenvalue weighted by Crippen LogP contribution is -2.40. The quantitative estimate of drug-likeness (QED) is 0.686. The van der Waals surface area contributed by atoms with E-state index in [9.17, 15) is 8.42 Å². The molecule has 3 aliphatic rings. The molecule has 1 saturated heterocycles. The van der Waals surface area contributed by atoms with Crippen LogP contribution in [0.3, 0.4) is 0 Å². The number of likely N-dealkylation sites (tertiary alicyclic amines) is 1. The zero-order valence-corrected chi connectivity index (χ0v) is 19.2. The number of aromatic nitrogens is 2. The first-order chi connectivity index (χ1) is 14.4. The first-order valence-corrected chi connectivity index (χ1v) is 13.0. The molecule has 2 aromatic rings. The minimum absolute atomic E-state index is 0.116. The maximum absolute atomic E-state index is 13.8. The minimum atomic E-state index is -3.79. The van der Waals surface area contributed by atoms with E-state index in [0.29, 0.717) is 17.1 Å². The number of hydrogen-bond acceptors (Lipinski definition) is 7. The van der Waals surface area contributed by atoms with Crippen LogP contribution in [0.5, 0.6) is 0 Å². The second-order valence-electron chi connectivity index (χ2n) is 8.20. The second-order valence-corrected chi connectivity index (χ2v) is 11.5. The van der Waals surface area contributed by atoms with Gasteiger partial charge in [-0.1, -0.05) is 23.4 Å². The van der Waals surface area contributed by atoms with Crippen LogP contribution >= 0.6 is 23.4 Å². The highest BCUT2D eigenvalue weighted by Gasteiger charge is 2.46. The molecule has 0 aromatic carbocycles. The van der Waals surface area contributed by atoms with Crippen LogP contribution in [-0.4, -0.2) is 62.9 Å². The summed E-state index contributed by atoms with van der Waals surface area (Å²) in [6.07, 6.45) is 7.33. The van der Waals surface area contributed by atoms with Crippen molar-refractivity contribution in [2.45, 2.75) is 54.5 Å². The van der Waals surface area contributed by atoms with Crippen LogP contribution in [0.25, 0.3) is 11.0 Å². The van der Waals surface area contributed by atoms with Crippen LogP contribution in [-0.2, 0) is 9.84 Å². The summed E-state index contributed by atoms with van der Waals surface area (Å²) in [4.78, 5) is 13.3. The maximum Gasteiger partial charge on any atom is 0.208 e. The number of thioether (sulfide) groups is 1. The Kier molecular flexibility index (Phi) is 5.12. The molecule has 0 N–H and O–H groups in total. The smallest absolute Gasteiger partial charge is 0.208 e. The molecule has 7 nitrogen and oxygen atoms in total. The summed E-state index contributed by atoms with van der Waals surface area (Å²) >= 11 is 7.78. The summed E-state index contributed by atoms with van der Waals surface area (Å²) in [5.74, 6) is 0. The molecule has 5 heterocycles. The molecule has 0 spiro atoms. The van der Waals surface area contributed by atoms with E-state index in [0.717, 1.165) is 25.9 Å². The maximum atomic E-state index is 13.8. The number of fused-ring (bicyclic) bond motifs is 2. The molecule has 0 radical (unpaired) electrons. The van der Waals surface area contributed by atoms with Crippen molar-refractivity contribution in [3.05, 3.63) is 36.1 Å². The third-order valence-corrected chi connectivity index (χ3v) is 9.40. The van der Waals surface area contributed by atoms with Gasteiger partial charge >= 0.3 is 0 Å². The molecule has 0 bridgehead atoms. The van der Waals surface area contributed by atoms with Crippen molar-refractivity contribution in [3.63, 3.8) is 0 Å². The van der Waals surface area contributed by atoms with Crippen molar-refractivity contribution in [1.29, 1.82) is 0 Å². The number of piperidine rings is 1. The molecule has 0 amide bonds. The second kappa shape index (κ2) is 7.55. The minimum Gasteiger partial charge on any atom is -0.327 e. The number of aliphatic imine (C=N–C) groups is 1. The average Bonchev–Trinajstić information content (AvgIpc) is 3.40. The van der Waals surface area contributed by atoms with E-state index in [1.807, 2.05) is 11.5 Å². The van der Waals surface area contributed by atoms with Crippen LogP contribution < -0.4 is 0 Å². The number of hydrogen-bond donors (Lipinski definition) is 0. The fourth-order valence-electron chi connectivity index (χ4n) is 4.55. The standard InChI is InChI=1S/C20H24ClN5O2S2/c1-13(2)24-8-4-5-14(11-24)26-12-16(15-6-3-7-22-18(15)26)30(27,28)19-17(21)23-20-25(19)9-10-29-20/h3,6-7,9-10,12-14,19-20H,4-5,8,11H2,1-2H3. The number of sulfone groups is 1. The molecule has 1 fully saturated rings. The fourth-order valence-corrected chi connectivity index (χ4v) is 7.89. The van der Waals surface area contributed by atoms with E-state index in [2.05, 4.69) is 33.3 Å². The summed E-state index contributed by atoms with van der Waals surface area (Å²) in [5, 5.41) is 1.62. The van der Waals surface area contributed by atoms with E-state index < -0.39 is 15.2 Å². The third kappa shape index (κ3) is 3.18. The molecule has 2 aromatic heterocycles. The Morgan fingerprint density at radius 3 is 2.97 bits per heavy atom. The Morgan fingerprint density at radius 1 is 1.33 bits per heavy atom. The Bertz CT molecular complexity index is 1140. The normalized spacial score (nSPS) is 27.3. The summed E-state index contributed by atoms with van der Waals surface area (Å²) in [6.45, 7) is 6.35. The third-order valence-electron chi connectivity index (χ3n) is 6.10. The monoisotopic (exact) mass is 465 g/mol. The zero-order valence-electron chi connectivity index (χ0n) is 16.8. The molecule has 3 unspecified atom stereocenters. The average molecular weight is 466 g/mol. The van der Waals surface area contributed by atoms with Gasteiger partial charge in [0.05, 0.1) is 4.90 Å². The predicted octanol–water partition coefficient (Wildman–Crippen LogP) is 3.64. The molecule has 10 heteroatoms. The summed E-state index contributed by atoms with van der Waals surface area (Å²) in [7, 11) is -3.79. The van der Waals surface area contributed by atoms with Gasteiger partial charge in [-0.15, -0.1) is 0 Å². The van der Waals surface area contributed by atoms with Gasteiger partial charge < -0.3 is 9.47 Å². The molecular weight excluding hydrogens is 442 g/mol. The number of rotatable bonds is 4. The van der Waals surface area contributed by atoms with Gasteiger partial charge in [-0.25, -0.2) is 18.4 Å². The first-order valence-electron chi connectivity index (χ1n) is 10.1. The summed E-state index contributed by atoms with van der Waals surface area (Å²) in [6, 6.07) is 4.26. The molecule has 5 rings (SSSR count). The fraction of sp³-hybridized carbons (Fsp3) is 0.500. The Hall–Kier alpha value is -1.55. The van der Waals surface area contributed by atoms with Crippen LogP contribution in [0.4, 0.5) is 0 Å². The molecule has 3 aliphatic heterocycles.